The first kappa shape index (κ1) is 11.5. The lowest BCUT2D eigenvalue weighted by molar-refractivity contribution is -0.0303. The number of amides is 1. The van der Waals surface area contributed by atoms with E-state index >= 15 is 0 Å². The molecule has 2 aliphatic heterocycles. The van der Waals surface area contributed by atoms with Crippen LogP contribution in [0, 0.1) is 6.92 Å². The zero-order valence-corrected chi connectivity index (χ0v) is 10.6. The van der Waals surface area contributed by atoms with Crippen molar-refractivity contribution in [3.8, 4) is 0 Å². The molecule has 1 aromatic rings. The average Bonchev–Trinajstić information content (AvgIpc) is 2.66. The van der Waals surface area contributed by atoms with Gasteiger partial charge in [0.15, 0.2) is 0 Å². The van der Waals surface area contributed by atoms with Crippen LogP contribution in [-0.4, -0.2) is 36.1 Å². The highest BCUT2D eigenvalue weighted by Crippen LogP contribution is 2.27. The third kappa shape index (κ3) is 2.08. The van der Waals surface area contributed by atoms with Crippen LogP contribution < -0.4 is 5.73 Å². The first-order valence-corrected chi connectivity index (χ1v) is 6.44. The standard InChI is InChI=1S/C14H18N2O2/c1-9-4-10(6-11(15)5-9)14(17)16-7-12-2-3-13(8-16)18-12/h4-6,12-13H,2-3,7-8,15H2,1H3. The van der Waals surface area contributed by atoms with Gasteiger partial charge in [0, 0.05) is 24.3 Å². The molecule has 2 saturated heterocycles. The van der Waals surface area contributed by atoms with Crippen LogP contribution in [0.3, 0.4) is 0 Å². The van der Waals surface area contributed by atoms with Gasteiger partial charge in [0.2, 0.25) is 0 Å². The van der Waals surface area contributed by atoms with E-state index in [0.29, 0.717) is 24.3 Å². The number of nitrogens with two attached hydrogens (primary N) is 1. The molecule has 2 unspecified atom stereocenters. The van der Waals surface area contributed by atoms with Gasteiger partial charge in [-0.25, -0.2) is 0 Å². The van der Waals surface area contributed by atoms with E-state index in [9.17, 15) is 4.79 Å². The quantitative estimate of drug-likeness (QED) is 0.765. The summed E-state index contributed by atoms with van der Waals surface area (Å²) in [5.41, 5.74) is 8.16. The molecular formula is C14H18N2O2. The topological polar surface area (TPSA) is 55.6 Å². The monoisotopic (exact) mass is 246 g/mol. The molecule has 96 valence electrons. The van der Waals surface area contributed by atoms with Crippen LogP contribution in [-0.2, 0) is 4.74 Å². The Morgan fingerprint density at radius 3 is 2.56 bits per heavy atom. The van der Waals surface area contributed by atoms with Crippen LogP contribution in [0.5, 0.6) is 0 Å². The SMILES string of the molecule is Cc1cc(N)cc(C(=O)N2CC3CCC(C2)O3)c1. The van der Waals surface area contributed by atoms with Crippen molar-refractivity contribution < 1.29 is 9.53 Å². The van der Waals surface area contributed by atoms with Crippen molar-refractivity contribution in [2.45, 2.75) is 32.0 Å². The fraction of sp³-hybridized carbons (Fsp3) is 0.500. The van der Waals surface area contributed by atoms with Crippen molar-refractivity contribution in [3.63, 3.8) is 0 Å². The lowest BCUT2D eigenvalue weighted by Gasteiger charge is -2.32. The van der Waals surface area contributed by atoms with Gasteiger partial charge >= 0.3 is 0 Å². The summed E-state index contributed by atoms with van der Waals surface area (Å²) in [6.07, 6.45) is 2.61. The predicted octanol–water partition coefficient (Wildman–Crippen LogP) is 1.58. The zero-order valence-electron chi connectivity index (χ0n) is 10.6. The number of morpholine rings is 1. The second-order valence-corrected chi connectivity index (χ2v) is 5.30. The number of anilines is 1. The highest BCUT2D eigenvalue weighted by molar-refractivity contribution is 5.95. The highest BCUT2D eigenvalue weighted by atomic mass is 16.5. The van der Waals surface area contributed by atoms with Gasteiger partial charge in [-0.3, -0.25) is 4.79 Å². The van der Waals surface area contributed by atoms with Crippen molar-refractivity contribution in [3.05, 3.63) is 29.3 Å². The summed E-state index contributed by atoms with van der Waals surface area (Å²) in [7, 11) is 0. The Labute approximate surface area is 107 Å². The Morgan fingerprint density at radius 2 is 1.94 bits per heavy atom. The number of benzene rings is 1. The number of nitrogens with zero attached hydrogens (tertiary/aromatic N) is 1. The van der Waals surface area contributed by atoms with Crippen molar-refractivity contribution in [1.29, 1.82) is 0 Å². The molecule has 0 spiro atoms. The zero-order chi connectivity index (χ0) is 12.7. The van der Waals surface area contributed by atoms with Gasteiger partial charge in [-0.2, -0.15) is 0 Å². The summed E-state index contributed by atoms with van der Waals surface area (Å²) >= 11 is 0. The normalized spacial score (nSPS) is 26.4. The highest BCUT2D eigenvalue weighted by Gasteiger charge is 2.35. The number of aryl methyl sites for hydroxylation is 1. The minimum atomic E-state index is 0.0746. The molecule has 2 N–H and O–H groups in total. The van der Waals surface area contributed by atoms with Gasteiger partial charge < -0.3 is 15.4 Å². The number of hydrogen-bond acceptors (Lipinski definition) is 3. The molecule has 18 heavy (non-hydrogen) atoms. The van der Waals surface area contributed by atoms with Gasteiger partial charge in [-0.1, -0.05) is 0 Å². The third-order valence-corrected chi connectivity index (χ3v) is 3.68. The molecular weight excluding hydrogens is 228 g/mol. The van der Waals surface area contributed by atoms with Gasteiger partial charge in [0.1, 0.15) is 0 Å². The summed E-state index contributed by atoms with van der Waals surface area (Å²) in [6.45, 7) is 3.38. The third-order valence-electron chi connectivity index (χ3n) is 3.68. The van der Waals surface area contributed by atoms with E-state index in [1.54, 1.807) is 6.07 Å². The lowest BCUT2D eigenvalue weighted by atomic mass is 10.1. The first-order chi connectivity index (χ1) is 8.61. The van der Waals surface area contributed by atoms with E-state index in [2.05, 4.69) is 0 Å². The fourth-order valence-electron chi connectivity index (χ4n) is 2.90. The Hall–Kier alpha value is -1.55. The van der Waals surface area contributed by atoms with Gasteiger partial charge in [-0.15, -0.1) is 0 Å². The molecule has 0 aliphatic carbocycles. The Kier molecular flexibility index (Phi) is 2.74. The van der Waals surface area contributed by atoms with Crippen LogP contribution in [0.1, 0.15) is 28.8 Å². The predicted molar refractivity (Wildman–Crippen MR) is 69.4 cm³/mol. The van der Waals surface area contributed by atoms with Crippen molar-refractivity contribution in [1.82, 2.24) is 4.90 Å². The van der Waals surface area contributed by atoms with E-state index in [1.807, 2.05) is 24.0 Å². The molecule has 0 radical (unpaired) electrons. The number of likely N-dealkylation sites (tertiary alicyclic amines) is 1. The summed E-state index contributed by atoms with van der Waals surface area (Å²) < 4.78 is 5.74. The Bertz CT molecular complexity index is 454. The number of carbonyl (C=O) groups excluding carboxylic acids is 1. The van der Waals surface area contributed by atoms with E-state index < -0.39 is 0 Å². The number of fused-ring (bicyclic) bond motifs is 2. The van der Waals surface area contributed by atoms with Gasteiger partial charge in [-0.05, 0) is 43.5 Å². The Balaban J connectivity index is 1.81. The van der Waals surface area contributed by atoms with Crippen molar-refractivity contribution >= 4 is 11.6 Å². The van der Waals surface area contributed by atoms with E-state index in [4.69, 9.17) is 10.5 Å². The second kappa shape index (κ2) is 4.28. The van der Waals surface area contributed by atoms with Gasteiger partial charge in [0.25, 0.3) is 5.91 Å². The largest absolute Gasteiger partial charge is 0.399 e. The lowest BCUT2D eigenvalue weighted by Crippen LogP contribution is -2.45. The maximum Gasteiger partial charge on any atom is 0.254 e. The molecule has 0 aromatic heterocycles. The van der Waals surface area contributed by atoms with E-state index in [1.165, 1.54) is 0 Å². The molecule has 1 aromatic carbocycles. The number of ether oxygens (including phenoxy) is 1. The molecule has 2 aliphatic rings. The van der Waals surface area contributed by atoms with Crippen molar-refractivity contribution in [2.24, 2.45) is 0 Å². The molecule has 2 heterocycles. The van der Waals surface area contributed by atoms with E-state index in [-0.39, 0.29) is 18.1 Å². The molecule has 4 nitrogen and oxygen atoms in total. The summed E-state index contributed by atoms with van der Waals surface area (Å²) in [5.74, 6) is 0.0746. The maximum absolute atomic E-state index is 12.4. The Morgan fingerprint density at radius 1 is 1.28 bits per heavy atom. The van der Waals surface area contributed by atoms with Crippen LogP contribution >= 0.6 is 0 Å². The molecule has 0 saturated carbocycles. The molecule has 3 rings (SSSR count). The minimum Gasteiger partial charge on any atom is -0.399 e. The molecule has 2 fully saturated rings. The summed E-state index contributed by atoms with van der Waals surface area (Å²) in [6, 6.07) is 5.53. The maximum atomic E-state index is 12.4. The smallest absolute Gasteiger partial charge is 0.254 e. The van der Waals surface area contributed by atoms with E-state index in [0.717, 1.165) is 18.4 Å². The molecule has 2 atom stereocenters. The van der Waals surface area contributed by atoms with Crippen LogP contribution in [0.25, 0.3) is 0 Å². The second-order valence-electron chi connectivity index (χ2n) is 5.30. The first-order valence-electron chi connectivity index (χ1n) is 6.44. The molecule has 1 amide bonds. The summed E-state index contributed by atoms with van der Waals surface area (Å²) in [4.78, 5) is 14.3. The fourth-order valence-corrected chi connectivity index (χ4v) is 2.90. The van der Waals surface area contributed by atoms with Crippen LogP contribution in [0.4, 0.5) is 5.69 Å². The number of hydrogen-bond donors (Lipinski definition) is 1. The minimum absolute atomic E-state index is 0.0746. The van der Waals surface area contributed by atoms with Crippen LogP contribution in [0.15, 0.2) is 18.2 Å². The number of rotatable bonds is 1. The number of nitrogen functional groups attached to an aromatic ring is 1. The van der Waals surface area contributed by atoms with Crippen molar-refractivity contribution in [2.75, 3.05) is 18.8 Å². The number of carbonyl (C=O) groups is 1. The molecule has 2 bridgehead atoms. The van der Waals surface area contributed by atoms with Gasteiger partial charge in [0.05, 0.1) is 12.2 Å². The average molecular weight is 246 g/mol. The summed E-state index contributed by atoms with van der Waals surface area (Å²) in [5, 5.41) is 0. The van der Waals surface area contributed by atoms with Crippen LogP contribution in [0.2, 0.25) is 0 Å². The molecule has 4 heteroatoms.